The topological polar surface area (TPSA) is 21.3 Å². The van der Waals surface area contributed by atoms with Gasteiger partial charge in [-0.3, -0.25) is 0 Å². The lowest BCUT2D eigenvalue weighted by molar-refractivity contribution is 0.481. The Hall–Kier alpha value is -1.22. The predicted molar refractivity (Wildman–Crippen MR) is 85.0 cm³/mol. The average Bonchev–Trinajstić information content (AvgIpc) is 2.35. The van der Waals surface area contributed by atoms with Gasteiger partial charge in [-0.2, -0.15) is 0 Å². The maximum absolute atomic E-state index is 5.96. The molecule has 0 saturated carbocycles. The summed E-state index contributed by atoms with van der Waals surface area (Å²) in [5.41, 5.74) is 1.17. The summed E-state index contributed by atoms with van der Waals surface area (Å²) in [6, 6.07) is 13.6. The maximum atomic E-state index is 5.96. The van der Waals surface area contributed by atoms with Crippen molar-refractivity contribution in [1.82, 2.24) is 5.32 Å². The standard InChI is InChI=1S/C16H17Cl2NO/c1-11(2)19-10-12-4-3-5-15(6-12)20-16-8-13(17)7-14(18)9-16/h3-9,11,19H,10H2,1-2H3. The summed E-state index contributed by atoms with van der Waals surface area (Å²) in [4.78, 5) is 0. The minimum atomic E-state index is 0.450. The van der Waals surface area contributed by atoms with E-state index in [1.807, 2.05) is 18.2 Å². The summed E-state index contributed by atoms with van der Waals surface area (Å²) in [7, 11) is 0. The molecule has 2 aromatic carbocycles. The Morgan fingerprint density at radius 1 is 1.00 bits per heavy atom. The van der Waals surface area contributed by atoms with Gasteiger partial charge in [0, 0.05) is 22.6 Å². The van der Waals surface area contributed by atoms with Crippen LogP contribution in [0.2, 0.25) is 10.0 Å². The van der Waals surface area contributed by atoms with E-state index < -0.39 is 0 Å². The second kappa shape index (κ2) is 6.98. The summed E-state index contributed by atoms with van der Waals surface area (Å²) < 4.78 is 5.79. The molecule has 2 nitrogen and oxygen atoms in total. The Morgan fingerprint density at radius 2 is 1.70 bits per heavy atom. The zero-order valence-corrected chi connectivity index (χ0v) is 13.0. The van der Waals surface area contributed by atoms with Crippen molar-refractivity contribution in [3.63, 3.8) is 0 Å². The number of hydrogen-bond acceptors (Lipinski definition) is 2. The van der Waals surface area contributed by atoms with E-state index in [0.29, 0.717) is 21.8 Å². The van der Waals surface area contributed by atoms with E-state index in [0.717, 1.165) is 12.3 Å². The molecule has 106 valence electrons. The van der Waals surface area contributed by atoms with Crippen LogP contribution in [0.1, 0.15) is 19.4 Å². The van der Waals surface area contributed by atoms with Crippen LogP contribution in [0.5, 0.6) is 11.5 Å². The fourth-order valence-corrected chi connectivity index (χ4v) is 2.27. The third-order valence-corrected chi connectivity index (χ3v) is 3.12. The molecule has 0 heterocycles. The van der Waals surface area contributed by atoms with Gasteiger partial charge in [0.25, 0.3) is 0 Å². The largest absolute Gasteiger partial charge is 0.457 e. The number of nitrogens with one attached hydrogen (secondary N) is 1. The molecule has 0 radical (unpaired) electrons. The lowest BCUT2D eigenvalue weighted by Crippen LogP contribution is -2.21. The van der Waals surface area contributed by atoms with Gasteiger partial charge < -0.3 is 10.1 Å². The highest BCUT2D eigenvalue weighted by Crippen LogP contribution is 2.28. The average molecular weight is 310 g/mol. The molecule has 2 rings (SSSR count). The van der Waals surface area contributed by atoms with Crippen molar-refractivity contribution >= 4 is 23.2 Å². The molecule has 20 heavy (non-hydrogen) atoms. The third kappa shape index (κ3) is 4.71. The smallest absolute Gasteiger partial charge is 0.130 e. The minimum absolute atomic E-state index is 0.450. The number of ether oxygens (including phenoxy) is 1. The van der Waals surface area contributed by atoms with Gasteiger partial charge in [0.1, 0.15) is 11.5 Å². The molecule has 0 aromatic heterocycles. The maximum Gasteiger partial charge on any atom is 0.130 e. The number of hydrogen-bond donors (Lipinski definition) is 1. The van der Waals surface area contributed by atoms with E-state index in [1.54, 1.807) is 18.2 Å². The molecule has 0 fully saturated rings. The second-order valence-corrected chi connectivity index (χ2v) is 5.76. The van der Waals surface area contributed by atoms with Crippen LogP contribution in [0.15, 0.2) is 42.5 Å². The van der Waals surface area contributed by atoms with Crippen LogP contribution in [0.4, 0.5) is 0 Å². The molecule has 0 atom stereocenters. The van der Waals surface area contributed by atoms with Crippen LogP contribution in [0, 0.1) is 0 Å². The molecule has 1 N–H and O–H groups in total. The quantitative estimate of drug-likeness (QED) is 0.811. The number of halogens is 2. The van der Waals surface area contributed by atoms with Crippen LogP contribution >= 0.6 is 23.2 Å². The molecule has 4 heteroatoms. The van der Waals surface area contributed by atoms with E-state index >= 15 is 0 Å². The van der Waals surface area contributed by atoms with Crippen LogP contribution < -0.4 is 10.1 Å². The molecule has 0 saturated heterocycles. The van der Waals surface area contributed by atoms with Gasteiger partial charge in [-0.25, -0.2) is 0 Å². The van der Waals surface area contributed by atoms with Crippen molar-refractivity contribution in [3.8, 4) is 11.5 Å². The summed E-state index contributed by atoms with van der Waals surface area (Å²) in [5.74, 6) is 1.41. The summed E-state index contributed by atoms with van der Waals surface area (Å²) in [6.07, 6.45) is 0. The van der Waals surface area contributed by atoms with E-state index in [-0.39, 0.29) is 0 Å². The van der Waals surface area contributed by atoms with Gasteiger partial charge in [-0.1, -0.05) is 49.2 Å². The van der Waals surface area contributed by atoms with Crippen LogP contribution in [0.3, 0.4) is 0 Å². The minimum Gasteiger partial charge on any atom is -0.457 e. The van der Waals surface area contributed by atoms with Crippen molar-refractivity contribution in [2.75, 3.05) is 0 Å². The second-order valence-electron chi connectivity index (χ2n) is 4.89. The van der Waals surface area contributed by atoms with E-state index in [9.17, 15) is 0 Å². The van der Waals surface area contributed by atoms with Gasteiger partial charge in [-0.05, 0) is 35.9 Å². The van der Waals surface area contributed by atoms with Crippen molar-refractivity contribution in [2.45, 2.75) is 26.4 Å². The molecular weight excluding hydrogens is 293 g/mol. The highest BCUT2D eigenvalue weighted by Gasteiger charge is 2.03. The normalized spacial score (nSPS) is 10.8. The van der Waals surface area contributed by atoms with Crippen LogP contribution in [0.25, 0.3) is 0 Å². The zero-order valence-electron chi connectivity index (χ0n) is 11.5. The molecule has 0 aliphatic heterocycles. The Balaban J connectivity index is 2.11. The van der Waals surface area contributed by atoms with E-state index in [2.05, 4.69) is 25.2 Å². The van der Waals surface area contributed by atoms with Crippen molar-refractivity contribution in [3.05, 3.63) is 58.1 Å². The highest BCUT2D eigenvalue weighted by atomic mass is 35.5. The lowest BCUT2D eigenvalue weighted by atomic mass is 10.2. The Bertz CT molecular complexity index is 564. The Morgan fingerprint density at radius 3 is 2.35 bits per heavy atom. The lowest BCUT2D eigenvalue weighted by Gasteiger charge is -2.10. The van der Waals surface area contributed by atoms with Gasteiger partial charge >= 0.3 is 0 Å². The highest BCUT2D eigenvalue weighted by molar-refractivity contribution is 6.34. The molecule has 0 spiro atoms. The van der Waals surface area contributed by atoms with Gasteiger partial charge in [-0.15, -0.1) is 0 Å². The first-order valence-corrected chi connectivity index (χ1v) is 7.25. The molecule has 0 bridgehead atoms. The SMILES string of the molecule is CC(C)NCc1cccc(Oc2cc(Cl)cc(Cl)c2)c1. The molecule has 0 aliphatic rings. The zero-order chi connectivity index (χ0) is 14.5. The molecule has 0 aliphatic carbocycles. The monoisotopic (exact) mass is 309 g/mol. The fourth-order valence-electron chi connectivity index (χ4n) is 1.76. The van der Waals surface area contributed by atoms with E-state index in [4.69, 9.17) is 27.9 Å². The summed E-state index contributed by atoms with van der Waals surface area (Å²) >= 11 is 11.9. The Kier molecular flexibility index (Phi) is 5.30. The molecule has 0 amide bonds. The van der Waals surface area contributed by atoms with Crippen molar-refractivity contribution < 1.29 is 4.74 Å². The van der Waals surface area contributed by atoms with E-state index in [1.165, 1.54) is 5.56 Å². The summed E-state index contributed by atoms with van der Waals surface area (Å²) in [6.45, 7) is 5.05. The van der Waals surface area contributed by atoms with Gasteiger partial charge in [0.15, 0.2) is 0 Å². The molecule has 0 unspecified atom stereocenters. The van der Waals surface area contributed by atoms with Gasteiger partial charge in [0.2, 0.25) is 0 Å². The third-order valence-electron chi connectivity index (χ3n) is 2.68. The van der Waals surface area contributed by atoms with Gasteiger partial charge in [0.05, 0.1) is 0 Å². The van der Waals surface area contributed by atoms with Crippen LogP contribution in [-0.2, 0) is 6.54 Å². The first kappa shape index (κ1) is 15.2. The molecule has 2 aromatic rings. The Labute approximate surface area is 129 Å². The number of rotatable bonds is 5. The first-order valence-electron chi connectivity index (χ1n) is 6.49. The summed E-state index contributed by atoms with van der Waals surface area (Å²) in [5, 5.41) is 4.49. The predicted octanol–water partition coefficient (Wildman–Crippen LogP) is 5.28. The van der Waals surface area contributed by atoms with Crippen molar-refractivity contribution in [2.24, 2.45) is 0 Å². The van der Waals surface area contributed by atoms with Crippen molar-refractivity contribution in [1.29, 1.82) is 0 Å². The van der Waals surface area contributed by atoms with Crippen LogP contribution in [-0.4, -0.2) is 6.04 Å². The molecular formula is C16H17Cl2NO. The number of benzene rings is 2. The first-order chi connectivity index (χ1) is 9.52. The fraction of sp³-hybridized carbons (Fsp3) is 0.250.